The minimum absolute atomic E-state index is 0.0121. The summed E-state index contributed by atoms with van der Waals surface area (Å²) in [4.78, 5) is 20.6. The van der Waals surface area contributed by atoms with Crippen molar-refractivity contribution in [3.8, 4) is 0 Å². The Labute approximate surface area is 118 Å². The molecule has 6 heteroatoms. The van der Waals surface area contributed by atoms with Crippen LogP contribution in [0.5, 0.6) is 0 Å². The Hall–Kier alpha value is -1.20. The third-order valence-electron chi connectivity index (χ3n) is 3.62. The Morgan fingerprint density at radius 3 is 2.89 bits per heavy atom. The van der Waals surface area contributed by atoms with Gasteiger partial charge in [0.2, 0.25) is 11.9 Å². The second kappa shape index (κ2) is 6.30. The number of carbonyl (C=O) groups is 1. The van der Waals surface area contributed by atoms with Gasteiger partial charge in [0.25, 0.3) is 0 Å². The van der Waals surface area contributed by atoms with E-state index in [1.54, 1.807) is 12.3 Å². The van der Waals surface area contributed by atoms with Gasteiger partial charge >= 0.3 is 0 Å². The zero-order chi connectivity index (χ0) is 13.7. The molecule has 0 atom stereocenters. The number of amides is 1. The number of nitrogens with zero attached hydrogens (tertiary/aromatic N) is 2. The predicted octanol–water partition coefficient (Wildman–Crippen LogP) is 2.24. The molecule has 1 amide bonds. The second-order valence-corrected chi connectivity index (χ2v) is 5.32. The molecule has 2 heterocycles. The molecule has 104 valence electrons. The van der Waals surface area contributed by atoms with Gasteiger partial charge in [0.05, 0.1) is 5.41 Å². The lowest BCUT2D eigenvalue weighted by atomic mass is 9.74. The van der Waals surface area contributed by atoms with Crippen molar-refractivity contribution in [3.63, 3.8) is 0 Å². The molecule has 5 nitrogen and oxygen atoms in total. The largest absolute Gasteiger partial charge is 0.317 e. The number of halogens is 1. The van der Waals surface area contributed by atoms with Gasteiger partial charge in [-0.2, -0.15) is 0 Å². The third-order valence-corrected chi connectivity index (χ3v) is 3.83. The van der Waals surface area contributed by atoms with Crippen LogP contribution in [0.2, 0.25) is 5.15 Å². The summed E-state index contributed by atoms with van der Waals surface area (Å²) in [6, 6.07) is 1.59. The van der Waals surface area contributed by atoms with E-state index in [4.69, 9.17) is 11.6 Å². The van der Waals surface area contributed by atoms with Crippen LogP contribution in [0, 0.1) is 5.41 Å². The first kappa shape index (κ1) is 14.2. The van der Waals surface area contributed by atoms with Gasteiger partial charge in [0.15, 0.2) is 0 Å². The maximum Gasteiger partial charge on any atom is 0.233 e. The predicted molar refractivity (Wildman–Crippen MR) is 75.1 cm³/mol. The van der Waals surface area contributed by atoms with Crippen molar-refractivity contribution in [1.82, 2.24) is 15.3 Å². The van der Waals surface area contributed by atoms with Crippen molar-refractivity contribution in [2.45, 2.75) is 32.6 Å². The van der Waals surface area contributed by atoms with E-state index < -0.39 is 0 Å². The first-order valence-corrected chi connectivity index (χ1v) is 7.05. The van der Waals surface area contributed by atoms with Crippen LogP contribution in [0.1, 0.15) is 32.6 Å². The van der Waals surface area contributed by atoms with Crippen LogP contribution >= 0.6 is 11.6 Å². The van der Waals surface area contributed by atoms with Crippen molar-refractivity contribution in [1.29, 1.82) is 0 Å². The molecule has 1 aliphatic rings. The summed E-state index contributed by atoms with van der Waals surface area (Å²) >= 11 is 5.80. The topological polar surface area (TPSA) is 66.9 Å². The van der Waals surface area contributed by atoms with Crippen LogP contribution in [0.15, 0.2) is 12.3 Å². The van der Waals surface area contributed by atoms with Crippen molar-refractivity contribution in [2.24, 2.45) is 5.41 Å². The van der Waals surface area contributed by atoms with E-state index in [9.17, 15) is 4.79 Å². The van der Waals surface area contributed by atoms with Crippen LogP contribution in [0.4, 0.5) is 5.95 Å². The Balaban J connectivity index is 2.11. The van der Waals surface area contributed by atoms with E-state index in [0.717, 1.165) is 38.8 Å². The highest BCUT2D eigenvalue weighted by Crippen LogP contribution is 2.35. The van der Waals surface area contributed by atoms with Crippen molar-refractivity contribution in [2.75, 3.05) is 18.4 Å². The van der Waals surface area contributed by atoms with Crippen LogP contribution in [0.3, 0.4) is 0 Å². The molecular weight excluding hydrogens is 264 g/mol. The summed E-state index contributed by atoms with van der Waals surface area (Å²) in [5.74, 6) is 0.296. The molecule has 0 unspecified atom stereocenters. The van der Waals surface area contributed by atoms with E-state index in [1.165, 1.54) is 0 Å². The van der Waals surface area contributed by atoms with Gasteiger partial charge in [0, 0.05) is 6.20 Å². The van der Waals surface area contributed by atoms with Gasteiger partial charge in [-0.3, -0.25) is 10.1 Å². The van der Waals surface area contributed by atoms with Gasteiger partial charge < -0.3 is 5.32 Å². The molecule has 1 aromatic heterocycles. The Morgan fingerprint density at radius 2 is 2.26 bits per heavy atom. The first-order valence-electron chi connectivity index (χ1n) is 6.67. The average Bonchev–Trinajstić information content (AvgIpc) is 2.40. The maximum atomic E-state index is 12.5. The molecule has 2 N–H and O–H groups in total. The van der Waals surface area contributed by atoms with Gasteiger partial charge in [-0.25, -0.2) is 9.97 Å². The molecule has 0 aromatic carbocycles. The summed E-state index contributed by atoms with van der Waals surface area (Å²) < 4.78 is 0. The zero-order valence-corrected chi connectivity index (χ0v) is 11.8. The zero-order valence-electron chi connectivity index (χ0n) is 11.1. The highest BCUT2D eigenvalue weighted by molar-refractivity contribution is 6.29. The Morgan fingerprint density at radius 1 is 1.53 bits per heavy atom. The number of carbonyl (C=O) groups excluding carboxylic acids is 1. The lowest BCUT2D eigenvalue weighted by Crippen LogP contribution is -2.45. The maximum absolute atomic E-state index is 12.5. The van der Waals surface area contributed by atoms with E-state index >= 15 is 0 Å². The molecule has 1 aromatic rings. The summed E-state index contributed by atoms with van der Waals surface area (Å²) in [5, 5.41) is 6.43. The molecule has 0 bridgehead atoms. The highest BCUT2D eigenvalue weighted by atomic mass is 35.5. The number of piperidine rings is 1. The quantitative estimate of drug-likeness (QED) is 0.831. The standard InChI is InChI=1S/C13H19ClN4O/c1-2-4-13(5-8-15-9-6-13)11(19)18-12-16-7-3-10(14)17-12/h3,7,15H,2,4-6,8-9H2,1H3,(H,16,17,18,19). The number of anilines is 1. The summed E-state index contributed by atoms with van der Waals surface area (Å²) in [6.07, 6.45) is 5.13. The number of hydrogen-bond acceptors (Lipinski definition) is 4. The fraction of sp³-hybridized carbons (Fsp3) is 0.615. The van der Waals surface area contributed by atoms with E-state index in [-0.39, 0.29) is 17.3 Å². The number of hydrogen-bond donors (Lipinski definition) is 2. The van der Waals surface area contributed by atoms with Crippen LogP contribution in [-0.2, 0) is 4.79 Å². The molecule has 1 aliphatic heterocycles. The molecule has 2 rings (SSSR count). The van der Waals surface area contributed by atoms with E-state index in [2.05, 4.69) is 27.5 Å². The Kier molecular flexibility index (Phi) is 4.71. The third kappa shape index (κ3) is 3.42. The monoisotopic (exact) mass is 282 g/mol. The number of nitrogens with one attached hydrogen (secondary N) is 2. The molecular formula is C13H19ClN4O. The van der Waals surface area contributed by atoms with Crippen molar-refractivity contribution in [3.05, 3.63) is 17.4 Å². The molecule has 1 saturated heterocycles. The van der Waals surface area contributed by atoms with Gasteiger partial charge in [-0.05, 0) is 38.4 Å². The molecule has 0 saturated carbocycles. The molecule has 0 spiro atoms. The van der Waals surface area contributed by atoms with Crippen LogP contribution in [0.25, 0.3) is 0 Å². The molecule has 0 aliphatic carbocycles. The normalized spacial score (nSPS) is 18.0. The molecule has 1 fully saturated rings. The highest BCUT2D eigenvalue weighted by Gasteiger charge is 2.38. The van der Waals surface area contributed by atoms with Gasteiger partial charge in [0.1, 0.15) is 5.15 Å². The number of rotatable bonds is 4. The second-order valence-electron chi connectivity index (χ2n) is 4.94. The van der Waals surface area contributed by atoms with E-state index in [0.29, 0.717) is 5.15 Å². The summed E-state index contributed by atoms with van der Waals surface area (Å²) in [6.45, 7) is 3.86. The van der Waals surface area contributed by atoms with E-state index in [1.807, 2.05) is 0 Å². The Bertz CT molecular complexity index is 441. The minimum Gasteiger partial charge on any atom is -0.317 e. The van der Waals surface area contributed by atoms with Crippen LogP contribution < -0.4 is 10.6 Å². The smallest absolute Gasteiger partial charge is 0.233 e. The summed E-state index contributed by atoms with van der Waals surface area (Å²) in [5.41, 5.74) is -0.300. The van der Waals surface area contributed by atoms with Crippen molar-refractivity contribution >= 4 is 23.5 Å². The number of aromatic nitrogens is 2. The molecule has 0 radical (unpaired) electrons. The van der Waals surface area contributed by atoms with Crippen molar-refractivity contribution < 1.29 is 4.79 Å². The fourth-order valence-electron chi connectivity index (χ4n) is 2.61. The van der Waals surface area contributed by atoms with Gasteiger partial charge in [-0.15, -0.1) is 0 Å². The average molecular weight is 283 g/mol. The fourth-order valence-corrected chi connectivity index (χ4v) is 2.74. The minimum atomic E-state index is -0.300. The van der Waals surface area contributed by atoms with Crippen LogP contribution in [-0.4, -0.2) is 29.0 Å². The lowest BCUT2D eigenvalue weighted by molar-refractivity contribution is -0.127. The summed E-state index contributed by atoms with van der Waals surface area (Å²) in [7, 11) is 0. The van der Waals surface area contributed by atoms with Gasteiger partial charge in [-0.1, -0.05) is 24.9 Å². The lowest BCUT2D eigenvalue weighted by Gasteiger charge is -2.35. The SMILES string of the molecule is CCCC1(C(=O)Nc2nccc(Cl)n2)CCNCC1. The first-order chi connectivity index (χ1) is 9.16. The molecule has 19 heavy (non-hydrogen) atoms.